The number of carbonyl (C=O) groups is 1. The molecule has 3 heterocycles. The summed E-state index contributed by atoms with van der Waals surface area (Å²) < 4.78 is 4.95. The molecule has 206 valence electrons. The van der Waals surface area contributed by atoms with Crippen LogP contribution in [0.4, 0.5) is 11.4 Å². The van der Waals surface area contributed by atoms with E-state index in [4.69, 9.17) is 33.3 Å². The second kappa shape index (κ2) is 10.7. The standard InChI is InChI=1S/C30H24Cl2N6O2S/c1-4-36-24-13-9-8-12-21(24)27(28(36)39)34-37-25(19-14-15-22(31)23(32)16-19)17-41-30(37)33-26-18(2)35(3)38(29(26)40)20-10-6-5-7-11-20/h5-17H,4H2,1-3H3. The minimum absolute atomic E-state index is 0.208. The van der Waals surface area contributed by atoms with Crippen LogP contribution < -0.4 is 15.3 Å². The molecule has 0 saturated carbocycles. The van der Waals surface area contributed by atoms with Crippen molar-refractivity contribution in [2.24, 2.45) is 17.1 Å². The summed E-state index contributed by atoms with van der Waals surface area (Å²) in [5.74, 6) is -0.208. The maximum absolute atomic E-state index is 13.6. The van der Waals surface area contributed by atoms with Crippen molar-refractivity contribution in [1.82, 2.24) is 14.0 Å². The van der Waals surface area contributed by atoms with Crippen LogP contribution in [0.5, 0.6) is 0 Å². The average molecular weight is 604 g/mol. The Bertz CT molecular complexity index is 1980. The smallest absolute Gasteiger partial charge is 0.297 e. The van der Waals surface area contributed by atoms with Gasteiger partial charge < -0.3 is 4.90 Å². The highest BCUT2D eigenvalue weighted by Gasteiger charge is 2.33. The average Bonchev–Trinajstić information content (AvgIpc) is 3.57. The van der Waals surface area contributed by atoms with E-state index in [9.17, 15) is 9.59 Å². The Morgan fingerprint density at radius 2 is 1.66 bits per heavy atom. The third-order valence-electron chi connectivity index (χ3n) is 7.05. The monoisotopic (exact) mass is 602 g/mol. The fourth-order valence-corrected chi connectivity index (χ4v) is 6.01. The van der Waals surface area contributed by atoms with Gasteiger partial charge >= 0.3 is 0 Å². The van der Waals surface area contributed by atoms with E-state index in [1.165, 1.54) is 11.3 Å². The molecule has 0 radical (unpaired) electrons. The summed E-state index contributed by atoms with van der Waals surface area (Å²) in [7, 11) is 1.82. The van der Waals surface area contributed by atoms with Gasteiger partial charge in [-0.05, 0) is 44.2 Å². The molecular formula is C30H24Cl2N6O2S. The van der Waals surface area contributed by atoms with E-state index < -0.39 is 0 Å². The largest absolute Gasteiger partial charge is 0.307 e. The summed E-state index contributed by atoms with van der Waals surface area (Å²) in [6, 6.07) is 22.2. The Balaban J connectivity index is 1.61. The number of thiazole rings is 1. The highest BCUT2D eigenvalue weighted by Crippen LogP contribution is 2.32. The van der Waals surface area contributed by atoms with E-state index in [-0.39, 0.29) is 22.9 Å². The van der Waals surface area contributed by atoms with E-state index >= 15 is 0 Å². The number of aromatic nitrogens is 3. The van der Waals surface area contributed by atoms with Gasteiger partial charge in [-0.15, -0.1) is 11.3 Å². The zero-order chi connectivity index (χ0) is 28.8. The first-order valence-corrected chi connectivity index (χ1v) is 14.5. The first-order valence-electron chi connectivity index (χ1n) is 12.8. The van der Waals surface area contributed by atoms with Crippen molar-refractivity contribution >= 4 is 57.5 Å². The lowest BCUT2D eigenvalue weighted by Gasteiger charge is -2.13. The number of halogens is 2. The summed E-state index contributed by atoms with van der Waals surface area (Å²) in [5.41, 5.74) is 4.63. The molecule has 5 aromatic rings. The van der Waals surface area contributed by atoms with Crippen LogP contribution in [0.1, 0.15) is 18.2 Å². The van der Waals surface area contributed by atoms with Crippen molar-refractivity contribution in [3.05, 3.63) is 115 Å². The third-order valence-corrected chi connectivity index (χ3v) is 8.60. The molecule has 0 bridgehead atoms. The van der Waals surface area contributed by atoms with E-state index in [0.717, 1.165) is 22.5 Å². The van der Waals surface area contributed by atoms with Gasteiger partial charge in [-0.25, -0.2) is 14.4 Å². The van der Waals surface area contributed by atoms with Gasteiger partial charge in [0.1, 0.15) is 0 Å². The molecule has 0 atom stereocenters. The fraction of sp³-hybridized carbons (Fsp3) is 0.133. The van der Waals surface area contributed by atoms with Gasteiger partial charge in [0, 0.05) is 30.1 Å². The van der Waals surface area contributed by atoms with Crippen LogP contribution in [0, 0.1) is 6.92 Å². The summed E-state index contributed by atoms with van der Waals surface area (Å²) in [6.45, 7) is 4.27. The molecule has 0 N–H and O–H groups in total. The molecule has 0 unspecified atom stereocenters. The lowest BCUT2D eigenvalue weighted by Crippen LogP contribution is -2.30. The van der Waals surface area contributed by atoms with E-state index in [0.29, 0.717) is 32.8 Å². The normalized spacial score (nSPS) is 14.4. The topological polar surface area (TPSA) is 76.9 Å². The summed E-state index contributed by atoms with van der Waals surface area (Å²) in [6.07, 6.45) is 0. The minimum atomic E-state index is -0.265. The van der Waals surface area contributed by atoms with Crippen molar-refractivity contribution < 1.29 is 4.79 Å². The summed E-state index contributed by atoms with van der Waals surface area (Å²) >= 11 is 13.9. The predicted octanol–water partition coefficient (Wildman–Crippen LogP) is 6.17. The molecule has 3 aromatic carbocycles. The van der Waals surface area contributed by atoms with Gasteiger partial charge in [0.2, 0.25) is 4.80 Å². The first kappa shape index (κ1) is 27.0. The van der Waals surface area contributed by atoms with Crippen molar-refractivity contribution in [1.29, 1.82) is 0 Å². The Morgan fingerprint density at radius 1 is 0.927 bits per heavy atom. The Morgan fingerprint density at radius 3 is 2.39 bits per heavy atom. The van der Waals surface area contributed by atoms with Crippen LogP contribution in [0.3, 0.4) is 0 Å². The van der Waals surface area contributed by atoms with E-state index in [2.05, 4.69) is 0 Å². The van der Waals surface area contributed by atoms with E-state index in [1.54, 1.807) is 31.1 Å². The number of rotatable bonds is 5. The van der Waals surface area contributed by atoms with Crippen molar-refractivity contribution in [3.8, 4) is 16.9 Å². The second-order valence-electron chi connectivity index (χ2n) is 9.38. The zero-order valence-corrected chi connectivity index (χ0v) is 24.7. The van der Waals surface area contributed by atoms with Gasteiger partial charge in [0.05, 0.1) is 32.8 Å². The molecule has 0 spiro atoms. The molecule has 0 saturated heterocycles. The molecular weight excluding hydrogens is 579 g/mol. The first-order chi connectivity index (χ1) is 19.8. The van der Waals surface area contributed by atoms with Crippen LogP contribution in [0.25, 0.3) is 16.9 Å². The van der Waals surface area contributed by atoms with Crippen molar-refractivity contribution in [3.63, 3.8) is 0 Å². The predicted molar refractivity (Wildman–Crippen MR) is 165 cm³/mol. The Labute approximate surface area is 249 Å². The molecule has 1 amide bonds. The quantitative estimate of drug-likeness (QED) is 0.241. The molecule has 8 nitrogen and oxygen atoms in total. The lowest BCUT2D eigenvalue weighted by molar-refractivity contribution is -0.112. The third kappa shape index (κ3) is 4.56. The van der Waals surface area contributed by atoms with Crippen LogP contribution >= 0.6 is 34.5 Å². The minimum Gasteiger partial charge on any atom is -0.307 e. The number of hydrogen-bond donors (Lipinski definition) is 0. The van der Waals surface area contributed by atoms with Crippen LogP contribution in [-0.2, 0) is 11.8 Å². The zero-order valence-electron chi connectivity index (χ0n) is 22.4. The molecule has 1 aliphatic heterocycles. The molecule has 41 heavy (non-hydrogen) atoms. The van der Waals surface area contributed by atoms with Crippen molar-refractivity contribution in [2.45, 2.75) is 13.8 Å². The van der Waals surface area contributed by atoms with Gasteiger partial charge in [-0.2, -0.15) is 5.10 Å². The number of hydrogen-bond acceptors (Lipinski definition) is 5. The molecule has 2 aromatic heterocycles. The van der Waals surface area contributed by atoms with Crippen LogP contribution in [0.2, 0.25) is 10.0 Å². The highest BCUT2D eigenvalue weighted by molar-refractivity contribution is 7.07. The number of fused-ring (bicyclic) bond motifs is 1. The number of anilines is 1. The molecule has 0 aliphatic carbocycles. The van der Waals surface area contributed by atoms with Gasteiger partial charge in [-0.1, -0.05) is 65.7 Å². The summed E-state index contributed by atoms with van der Waals surface area (Å²) in [4.78, 5) is 34.1. The number of likely N-dealkylation sites (N-methyl/N-ethyl adjacent to an activating group) is 1. The number of carbonyl (C=O) groups excluding carboxylic acids is 1. The van der Waals surface area contributed by atoms with Gasteiger partial charge in [-0.3, -0.25) is 14.3 Å². The molecule has 6 rings (SSSR count). The Kier molecular flexibility index (Phi) is 7.03. The number of nitrogens with zero attached hydrogens (tertiary/aromatic N) is 6. The van der Waals surface area contributed by atoms with Crippen LogP contribution in [-0.4, -0.2) is 32.2 Å². The maximum atomic E-state index is 13.6. The number of para-hydroxylation sites is 2. The fourth-order valence-electron chi connectivity index (χ4n) is 4.88. The van der Waals surface area contributed by atoms with E-state index in [1.807, 2.05) is 86.9 Å². The number of amides is 1. The Hall–Kier alpha value is -4.18. The lowest BCUT2D eigenvalue weighted by atomic mass is 10.1. The molecule has 11 heteroatoms. The second-order valence-corrected chi connectivity index (χ2v) is 11.0. The van der Waals surface area contributed by atoms with Gasteiger partial charge in [0.15, 0.2) is 11.4 Å². The number of benzene rings is 3. The van der Waals surface area contributed by atoms with Crippen LogP contribution in [0.15, 0.2) is 93.1 Å². The van der Waals surface area contributed by atoms with Gasteiger partial charge in [0.25, 0.3) is 11.5 Å². The SMILES string of the molecule is CCN1C(=O)C(=Nn2c(-c3ccc(Cl)c(Cl)c3)csc2=Nc2c(C)n(C)n(-c3ccccc3)c2=O)c2ccccc21. The highest BCUT2D eigenvalue weighted by atomic mass is 35.5. The summed E-state index contributed by atoms with van der Waals surface area (Å²) in [5, 5.41) is 7.56. The molecule has 1 aliphatic rings. The maximum Gasteiger partial charge on any atom is 0.297 e. The van der Waals surface area contributed by atoms with Crippen molar-refractivity contribution in [2.75, 3.05) is 11.4 Å². The molecule has 0 fully saturated rings.